The van der Waals surface area contributed by atoms with Crippen LogP contribution in [-0.4, -0.2) is 50.7 Å². The molecule has 0 aromatic heterocycles. The maximum atomic E-state index is 8.89. The zero-order valence-corrected chi connectivity index (χ0v) is 10.7. The molecule has 1 atom stereocenters. The van der Waals surface area contributed by atoms with Gasteiger partial charge >= 0.3 is 0 Å². The average molecular weight is 233 g/mol. The summed E-state index contributed by atoms with van der Waals surface area (Å²) in [6, 6.07) is 0.260. The van der Waals surface area contributed by atoms with Gasteiger partial charge < -0.3 is 19.9 Å². The third-order valence-electron chi connectivity index (χ3n) is 2.20. The Bertz CT molecular complexity index is 133. The van der Waals surface area contributed by atoms with Crippen LogP contribution in [0.2, 0.25) is 0 Å². The van der Waals surface area contributed by atoms with E-state index in [0.717, 1.165) is 32.4 Å². The predicted molar refractivity (Wildman–Crippen MR) is 65.7 cm³/mol. The zero-order chi connectivity index (χ0) is 12.1. The second-order valence-corrected chi connectivity index (χ2v) is 3.85. The molecule has 0 rings (SSSR count). The number of aliphatic hydroxyl groups is 1. The Morgan fingerprint density at radius 3 is 2.44 bits per heavy atom. The molecule has 0 heterocycles. The van der Waals surface area contributed by atoms with E-state index in [1.54, 1.807) is 0 Å². The van der Waals surface area contributed by atoms with Crippen molar-refractivity contribution in [3.05, 3.63) is 0 Å². The molecule has 4 nitrogen and oxygen atoms in total. The Labute approximate surface area is 99.3 Å². The van der Waals surface area contributed by atoms with Gasteiger partial charge in [0.2, 0.25) is 0 Å². The van der Waals surface area contributed by atoms with Crippen molar-refractivity contribution in [1.82, 2.24) is 5.32 Å². The molecule has 0 saturated heterocycles. The minimum absolute atomic E-state index is 0.205. The largest absolute Gasteiger partial charge is 0.396 e. The summed E-state index contributed by atoms with van der Waals surface area (Å²) in [5, 5.41) is 12.2. The van der Waals surface area contributed by atoms with E-state index in [2.05, 4.69) is 19.2 Å². The molecule has 98 valence electrons. The van der Waals surface area contributed by atoms with Gasteiger partial charge in [0.1, 0.15) is 0 Å². The summed E-state index contributed by atoms with van der Waals surface area (Å²) in [5.41, 5.74) is 0. The van der Waals surface area contributed by atoms with Crippen LogP contribution in [0.25, 0.3) is 0 Å². The van der Waals surface area contributed by atoms with Crippen LogP contribution in [0.5, 0.6) is 0 Å². The molecule has 2 N–H and O–H groups in total. The molecule has 0 amide bonds. The van der Waals surface area contributed by atoms with Crippen molar-refractivity contribution in [3.63, 3.8) is 0 Å². The fourth-order valence-corrected chi connectivity index (χ4v) is 1.34. The molecule has 4 heteroatoms. The van der Waals surface area contributed by atoms with Crippen molar-refractivity contribution < 1.29 is 14.6 Å². The molecular formula is C12H27NO3. The second-order valence-electron chi connectivity index (χ2n) is 3.85. The van der Waals surface area contributed by atoms with Gasteiger partial charge in [0.05, 0.1) is 19.8 Å². The monoisotopic (exact) mass is 233 g/mol. The summed E-state index contributed by atoms with van der Waals surface area (Å²) in [6.45, 7) is 8.14. The highest BCUT2D eigenvalue weighted by atomic mass is 16.5. The highest BCUT2D eigenvalue weighted by Gasteiger charge is 2.06. The van der Waals surface area contributed by atoms with E-state index in [1.165, 1.54) is 0 Å². The lowest BCUT2D eigenvalue weighted by molar-refractivity contribution is 0.0366. The average Bonchev–Trinajstić information content (AvgIpc) is 2.30. The Kier molecular flexibility index (Phi) is 12.8. The number of hydrogen-bond acceptors (Lipinski definition) is 4. The van der Waals surface area contributed by atoms with Gasteiger partial charge in [0, 0.05) is 19.3 Å². The highest BCUT2D eigenvalue weighted by molar-refractivity contribution is 4.64. The van der Waals surface area contributed by atoms with Crippen molar-refractivity contribution in [2.75, 3.05) is 39.6 Å². The first-order chi connectivity index (χ1) is 7.85. The highest BCUT2D eigenvalue weighted by Crippen LogP contribution is 1.93. The lowest BCUT2D eigenvalue weighted by Gasteiger charge is -2.17. The van der Waals surface area contributed by atoms with Gasteiger partial charge in [0.25, 0.3) is 0 Å². The summed E-state index contributed by atoms with van der Waals surface area (Å²) in [5.74, 6) is 0. The van der Waals surface area contributed by atoms with Crippen LogP contribution in [0, 0.1) is 0 Å². The molecule has 0 aliphatic carbocycles. The molecule has 16 heavy (non-hydrogen) atoms. The third-order valence-corrected chi connectivity index (χ3v) is 2.20. The van der Waals surface area contributed by atoms with Gasteiger partial charge in [-0.3, -0.25) is 0 Å². The number of nitrogens with one attached hydrogen (secondary N) is 1. The van der Waals surface area contributed by atoms with Crippen molar-refractivity contribution >= 4 is 0 Å². The SMILES string of the molecule is CCCNC(CCO)COCCOCCC. The molecule has 0 radical (unpaired) electrons. The summed E-state index contributed by atoms with van der Waals surface area (Å²) in [6.07, 6.45) is 2.89. The van der Waals surface area contributed by atoms with Crippen LogP contribution < -0.4 is 5.32 Å². The zero-order valence-electron chi connectivity index (χ0n) is 10.7. The first kappa shape index (κ1) is 15.8. The van der Waals surface area contributed by atoms with E-state index in [1.807, 2.05) is 0 Å². The third kappa shape index (κ3) is 10.4. The molecule has 0 saturated carbocycles. The van der Waals surface area contributed by atoms with Crippen LogP contribution in [0.3, 0.4) is 0 Å². The van der Waals surface area contributed by atoms with Crippen LogP contribution in [-0.2, 0) is 9.47 Å². The quantitative estimate of drug-likeness (QED) is 0.497. The lowest BCUT2D eigenvalue weighted by Crippen LogP contribution is -2.35. The molecule has 0 aromatic rings. The van der Waals surface area contributed by atoms with Crippen LogP contribution >= 0.6 is 0 Å². The van der Waals surface area contributed by atoms with E-state index in [4.69, 9.17) is 14.6 Å². The van der Waals surface area contributed by atoms with E-state index < -0.39 is 0 Å². The van der Waals surface area contributed by atoms with Crippen LogP contribution in [0.1, 0.15) is 33.1 Å². The van der Waals surface area contributed by atoms with Crippen LogP contribution in [0.4, 0.5) is 0 Å². The molecule has 0 spiro atoms. The van der Waals surface area contributed by atoms with Gasteiger partial charge in [-0.2, -0.15) is 0 Å². The van der Waals surface area contributed by atoms with Crippen molar-refractivity contribution in [2.45, 2.75) is 39.2 Å². The summed E-state index contributed by atoms with van der Waals surface area (Å²) in [7, 11) is 0. The number of ether oxygens (including phenoxy) is 2. The van der Waals surface area contributed by atoms with Gasteiger partial charge in [0.15, 0.2) is 0 Å². The summed E-state index contributed by atoms with van der Waals surface area (Å²) in [4.78, 5) is 0. The van der Waals surface area contributed by atoms with E-state index in [0.29, 0.717) is 19.8 Å². The minimum atomic E-state index is 0.205. The Morgan fingerprint density at radius 1 is 1.06 bits per heavy atom. The number of aliphatic hydroxyl groups excluding tert-OH is 1. The molecule has 0 aromatic carbocycles. The van der Waals surface area contributed by atoms with Gasteiger partial charge in [-0.05, 0) is 25.8 Å². The fourth-order valence-electron chi connectivity index (χ4n) is 1.34. The van der Waals surface area contributed by atoms with Crippen molar-refractivity contribution in [3.8, 4) is 0 Å². The second kappa shape index (κ2) is 12.9. The first-order valence-corrected chi connectivity index (χ1v) is 6.34. The standard InChI is InChI=1S/C12H27NO3/c1-3-6-13-12(5-7-14)11-16-10-9-15-8-4-2/h12-14H,3-11H2,1-2H3. The Balaban J connectivity index is 3.36. The van der Waals surface area contributed by atoms with E-state index in [-0.39, 0.29) is 12.6 Å². The van der Waals surface area contributed by atoms with Gasteiger partial charge in [-0.15, -0.1) is 0 Å². The molecule has 0 bridgehead atoms. The molecule has 0 aliphatic heterocycles. The lowest BCUT2D eigenvalue weighted by atomic mass is 10.2. The maximum absolute atomic E-state index is 8.89. The molecular weight excluding hydrogens is 206 g/mol. The van der Waals surface area contributed by atoms with Crippen molar-refractivity contribution in [2.24, 2.45) is 0 Å². The summed E-state index contributed by atoms with van der Waals surface area (Å²) >= 11 is 0. The molecule has 0 aliphatic rings. The maximum Gasteiger partial charge on any atom is 0.0701 e. The smallest absolute Gasteiger partial charge is 0.0701 e. The van der Waals surface area contributed by atoms with Gasteiger partial charge in [-0.25, -0.2) is 0 Å². The number of hydrogen-bond donors (Lipinski definition) is 2. The van der Waals surface area contributed by atoms with E-state index in [9.17, 15) is 0 Å². The Morgan fingerprint density at radius 2 is 1.81 bits per heavy atom. The predicted octanol–water partition coefficient (Wildman–Crippen LogP) is 1.18. The Hall–Kier alpha value is -0.160. The topological polar surface area (TPSA) is 50.7 Å². The normalized spacial score (nSPS) is 12.9. The first-order valence-electron chi connectivity index (χ1n) is 6.34. The van der Waals surface area contributed by atoms with E-state index >= 15 is 0 Å². The summed E-state index contributed by atoms with van der Waals surface area (Å²) < 4.78 is 10.8. The number of rotatable bonds is 12. The molecule has 0 fully saturated rings. The molecule has 1 unspecified atom stereocenters. The van der Waals surface area contributed by atoms with Crippen molar-refractivity contribution in [1.29, 1.82) is 0 Å². The van der Waals surface area contributed by atoms with Gasteiger partial charge in [-0.1, -0.05) is 13.8 Å². The van der Waals surface area contributed by atoms with Crippen LogP contribution in [0.15, 0.2) is 0 Å². The fraction of sp³-hybridized carbons (Fsp3) is 1.00. The minimum Gasteiger partial charge on any atom is -0.396 e.